The first-order chi connectivity index (χ1) is 11.8. The van der Waals surface area contributed by atoms with Crippen LogP contribution in [0.5, 0.6) is 0 Å². The van der Waals surface area contributed by atoms with Crippen molar-refractivity contribution < 1.29 is 9.32 Å². The molecule has 2 heterocycles. The number of amides is 1. The summed E-state index contributed by atoms with van der Waals surface area (Å²) in [5.41, 5.74) is 0. The molecule has 1 aromatic heterocycles. The molecule has 6 heteroatoms. The summed E-state index contributed by atoms with van der Waals surface area (Å²) >= 11 is 0. The van der Waals surface area contributed by atoms with E-state index < -0.39 is 0 Å². The summed E-state index contributed by atoms with van der Waals surface area (Å²) in [6.45, 7) is 2.49. The van der Waals surface area contributed by atoms with E-state index in [4.69, 9.17) is 4.52 Å². The van der Waals surface area contributed by atoms with Crippen LogP contribution in [-0.4, -0.2) is 40.1 Å². The average molecular weight is 332 g/mol. The third kappa shape index (κ3) is 3.97. The van der Waals surface area contributed by atoms with Crippen LogP contribution in [0.1, 0.15) is 75.4 Å². The number of nitrogens with zero attached hydrogens (tertiary/aromatic N) is 3. The van der Waals surface area contributed by atoms with E-state index in [1.165, 1.54) is 38.5 Å². The highest BCUT2D eigenvalue weighted by Crippen LogP contribution is 2.33. The van der Waals surface area contributed by atoms with Crippen LogP contribution in [0.15, 0.2) is 4.52 Å². The Morgan fingerprint density at radius 2 is 1.96 bits per heavy atom. The molecule has 132 valence electrons. The molecule has 0 unspecified atom stereocenters. The molecular weight excluding hydrogens is 304 g/mol. The Morgan fingerprint density at radius 3 is 2.75 bits per heavy atom. The number of nitrogens with one attached hydrogen (secondary N) is 1. The zero-order valence-corrected chi connectivity index (χ0v) is 14.4. The van der Waals surface area contributed by atoms with Crippen LogP contribution in [0.25, 0.3) is 0 Å². The molecule has 0 bridgehead atoms. The van der Waals surface area contributed by atoms with Gasteiger partial charge in [0.1, 0.15) is 0 Å². The minimum atomic E-state index is 0.328. The number of hydrogen-bond acceptors (Lipinski definition) is 5. The first kappa shape index (κ1) is 16.1. The van der Waals surface area contributed by atoms with E-state index >= 15 is 0 Å². The molecule has 1 aromatic rings. The predicted molar refractivity (Wildman–Crippen MR) is 89.3 cm³/mol. The lowest BCUT2D eigenvalue weighted by Gasteiger charge is -2.20. The summed E-state index contributed by atoms with van der Waals surface area (Å²) in [4.78, 5) is 18.8. The van der Waals surface area contributed by atoms with Crippen molar-refractivity contribution in [3.05, 3.63) is 11.7 Å². The maximum atomic E-state index is 12.2. The van der Waals surface area contributed by atoms with Crippen molar-refractivity contribution >= 4 is 5.91 Å². The quantitative estimate of drug-likeness (QED) is 0.867. The first-order valence-corrected chi connectivity index (χ1v) is 9.61. The van der Waals surface area contributed by atoms with Gasteiger partial charge in [0, 0.05) is 31.5 Å². The second kappa shape index (κ2) is 7.21. The molecule has 1 saturated heterocycles. The fourth-order valence-corrected chi connectivity index (χ4v) is 3.96. The molecule has 2 saturated carbocycles. The van der Waals surface area contributed by atoms with Gasteiger partial charge in [-0.1, -0.05) is 18.0 Å². The summed E-state index contributed by atoms with van der Waals surface area (Å²) in [5.74, 6) is 3.14. The van der Waals surface area contributed by atoms with E-state index in [1.807, 2.05) is 0 Å². The maximum absolute atomic E-state index is 12.2. The van der Waals surface area contributed by atoms with Gasteiger partial charge in [0.25, 0.3) is 0 Å². The van der Waals surface area contributed by atoms with E-state index in [0.29, 0.717) is 30.8 Å². The number of carbonyl (C=O) groups is 1. The van der Waals surface area contributed by atoms with Gasteiger partial charge < -0.3 is 14.7 Å². The molecule has 0 spiro atoms. The summed E-state index contributed by atoms with van der Waals surface area (Å²) in [5, 5.41) is 7.65. The van der Waals surface area contributed by atoms with Crippen molar-refractivity contribution in [3.63, 3.8) is 0 Å². The predicted octanol–water partition coefficient (Wildman–Crippen LogP) is 2.61. The van der Waals surface area contributed by atoms with E-state index in [9.17, 15) is 4.79 Å². The molecule has 24 heavy (non-hydrogen) atoms. The molecule has 3 aliphatic rings. The Balaban J connectivity index is 1.25. The van der Waals surface area contributed by atoms with Crippen LogP contribution in [0.4, 0.5) is 0 Å². The molecule has 0 aromatic carbocycles. The largest absolute Gasteiger partial charge is 0.342 e. The lowest BCUT2D eigenvalue weighted by molar-refractivity contribution is -0.130. The van der Waals surface area contributed by atoms with Crippen molar-refractivity contribution in [1.29, 1.82) is 0 Å². The summed E-state index contributed by atoms with van der Waals surface area (Å²) in [7, 11) is 0. The van der Waals surface area contributed by atoms with Gasteiger partial charge >= 0.3 is 0 Å². The average Bonchev–Trinajstić information content (AvgIpc) is 3.09. The topological polar surface area (TPSA) is 71.3 Å². The molecule has 6 nitrogen and oxygen atoms in total. The summed E-state index contributed by atoms with van der Waals surface area (Å²) in [6, 6.07) is 0.367. The molecular formula is C18H28N4O2. The van der Waals surface area contributed by atoms with Crippen molar-refractivity contribution in [3.8, 4) is 0 Å². The Kier molecular flexibility index (Phi) is 4.83. The van der Waals surface area contributed by atoms with Gasteiger partial charge in [-0.2, -0.15) is 4.98 Å². The Hall–Kier alpha value is -1.43. The fraction of sp³-hybridized carbons (Fsp3) is 0.833. The zero-order chi connectivity index (χ0) is 16.4. The highest BCUT2D eigenvalue weighted by Gasteiger charge is 2.29. The van der Waals surface area contributed by atoms with Gasteiger partial charge in [-0.15, -0.1) is 0 Å². The lowest BCUT2D eigenvalue weighted by atomic mass is 10.1. The monoisotopic (exact) mass is 332 g/mol. The maximum Gasteiger partial charge on any atom is 0.229 e. The highest BCUT2D eigenvalue weighted by atomic mass is 16.5. The molecule has 0 radical (unpaired) electrons. The number of hydrogen-bond donors (Lipinski definition) is 1. The number of carbonyl (C=O) groups excluding carboxylic acids is 1. The Morgan fingerprint density at radius 1 is 1.12 bits per heavy atom. The van der Waals surface area contributed by atoms with Crippen LogP contribution in [0.2, 0.25) is 0 Å². The number of aromatic nitrogens is 2. The zero-order valence-electron chi connectivity index (χ0n) is 14.4. The molecule has 4 rings (SSSR count). The molecule has 3 fully saturated rings. The van der Waals surface area contributed by atoms with E-state index in [0.717, 1.165) is 43.6 Å². The summed E-state index contributed by atoms with van der Waals surface area (Å²) < 4.78 is 5.43. The number of rotatable bonds is 6. The van der Waals surface area contributed by atoms with E-state index in [1.54, 1.807) is 0 Å². The number of likely N-dealkylation sites (tertiary alicyclic amines) is 1. The third-order valence-corrected chi connectivity index (χ3v) is 5.72. The van der Waals surface area contributed by atoms with Crippen molar-refractivity contribution in [2.75, 3.05) is 13.1 Å². The van der Waals surface area contributed by atoms with Gasteiger partial charge in [-0.05, 0) is 44.4 Å². The molecule has 1 atom stereocenters. The van der Waals surface area contributed by atoms with Crippen LogP contribution in [-0.2, 0) is 11.3 Å². The first-order valence-electron chi connectivity index (χ1n) is 9.61. The standard InChI is InChI=1S/C18H28N4O2/c23-17-8-7-15(9-10-22(17)12-13-5-6-13)19-11-16-20-18(24-21-16)14-3-1-2-4-14/h13-15,19H,1-12H2/t15-/m1/s1. The Bertz CT molecular complexity index is 563. The van der Waals surface area contributed by atoms with Gasteiger partial charge in [0.15, 0.2) is 5.82 Å². The van der Waals surface area contributed by atoms with Crippen molar-refractivity contribution in [1.82, 2.24) is 20.4 Å². The van der Waals surface area contributed by atoms with Gasteiger partial charge in [0.2, 0.25) is 11.8 Å². The minimum absolute atomic E-state index is 0.328. The van der Waals surface area contributed by atoms with Crippen LogP contribution in [0, 0.1) is 5.92 Å². The highest BCUT2D eigenvalue weighted by molar-refractivity contribution is 5.76. The Labute approximate surface area is 143 Å². The van der Waals surface area contributed by atoms with E-state index in [-0.39, 0.29) is 0 Å². The smallest absolute Gasteiger partial charge is 0.229 e. The summed E-state index contributed by atoms with van der Waals surface area (Å²) in [6.07, 6.45) is 10.1. The normalized spacial score (nSPS) is 26.1. The molecule has 1 aliphatic heterocycles. The van der Waals surface area contributed by atoms with Crippen molar-refractivity contribution in [2.24, 2.45) is 5.92 Å². The minimum Gasteiger partial charge on any atom is -0.342 e. The molecule has 2 aliphatic carbocycles. The van der Waals surface area contributed by atoms with E-state index in [2.05, 4.69) is 20.4 Å². The van der Waals surface area contributed by atoms with Gasteiger partial charge in [-0.25, -0.2) is 0 Å². The molecule has 1 amide bonds. The van der Waals surface area contributed by atoms with Crippen LogP contribution < -0.4 is 5.32 Å². The van der Waals surface area contributed by atoms with Gasteiger partial charge in [-0.3, -0.25) is 4.79 Å². The lowest BCUT2D eigenvalue weighted by Crippen LogP contribution is -2.33. The molecule has 1 N–H and O–H groups in total. The van der Waals surface area contributed by atoms with Gasteiger partial charge in [0.05, 0.1) is 6.54 Å². The van der Waals surface area contributed by atoms with Crippen molar-refractivity contribution in [2.45, 2.75) is 76.3 Å². The second-order valence-corrected chi connectivity index (χ2v) is 7.72. The van der Waals surface area contributed by atoms with Crippen LogP contribution >= 0.6 is 0 Å². The SMILES string of the molecule is O=C1CC[C@@H](NCc2noc(C3CCCC3)n2)CCN1CC1CC1. The third-order valence-electron chi connectivity index (χ3n) is 5.72. The fourth-order valence-electron chi connectivity index (χ4n) is 3.96. The second-order valence-electron chi connectivity index (χ2n) is 7.72. The van der Waals surface area contributed by atoms with Crippen LogP contribution in [0.3, 0.4) is 0 Å².